The molecule has 0 N–H and O–H groups in total. The first-order valence-corrected chi connectivity index (χ1v) is 4.80. The van der Waals surface area contributed by atoms with Crippen molar-refractivity contribution < 1.29 is 4.57 Å². The zero-order valence-corrected chi connectivity index (χ0v) is 8.07. The Labute approximate surface area is 82.9 Å². The molecule has 1 aromatic carbocycles. The topological polar surface area (TPSA) is 16.8 Å². The number of hydrogen-bond acceptors (Lipinski definition) is 1. The van der Waals surface area contributed by atoms with Crippen LogP contribution in [0.3, 0.4) is 0 Å². The third kappa shape index (κ3) is 0.970. The summed E-state index contributed by atoms with van der Waals surface area (Å²) in [4.78, 5) is 4.56. The minimum Gasteiger partial charge on any atom is -0.226 e. The van der Waals surface area contributed by atoms with Crippen LogP contribution < -0.4 is 4.57 Å². The average Bonchev–Trinajstić information content (AvgIpc) is 2.56. The van der Waals surface area contributed by atoms with Gasteiger partial charge in [-0.3, -0.25) is 0 Å². The molecule has 0 unspecified atom stereocenters. The van der Waals surface area contributed by atoms with Crippen LogP contribution in [0, 0.1) is 6.92 Å². The molecule has 1 aliphatic rings. The van der Waals surface area contributed by atoms with E-state index in [0.717, 1.165) is 18.1 Å². The van der Waals surface area contributed by atoms with Crippen LogP contribution in [0.1, 0.15) is 11.3 Å². The van der Waals surface area contributed by atoms with Gasteiger partial charge < -0.3 is 0 Å². The van der Waals surface area contributed by atoms with Crippen molar-refractivity contribution in [1.29, 1.82) is 0 Å². The Hall–Kier alpha value is -1.70. The molecule has 2 nitrogen and oxygen atoms in total. The highest BCUT2D eigenvalue weighted by atomic mass is 15.1. The van der Waals surface area contributed by atoms with Gasteiger partial charge in [0.15, 0.2) is 5.69 Å². The second kappa shape index (κ2) is 2.64. The fourth-order valence-corrected chi connectivity index (χ4v) is 1.94. The van der Waals surface area contributed by atoms with E-state index in [2.05, 4.69) is 46.1 Å². The standard InChI is InChI=1S/C12H11N2/c1-9-6-7-14-8-10-4-2-3-5-11(10)12(14)13-9/h2-7H,8H2,1H3/q+1. The lowest BCUT2D eigenvalue weighted by Gasteiger charge is -1.91. The van der Waals surface area contributed by atoms with Gasteiger partial charge in [-0.1, -0.05) is 18.2 Å². The predicted molar refractivity (Wildman–Crippen MR) is 53.7 cm³/mol. The smallest absolute Gasteiger partial charge is 0.226 e. The SMILES string of the molecule is Cc1cc[n+]2c(n1)-c1ccccc1C2. The Kier molecular flexibility index (Phi) is 1.45. The molecule has 0 amide bonds. The summed E-state index contributed by atoms with van der Waals surface area (Å²) in [7, 11) is 0. The molecule has 0 saturated carbocycles. The minimum atomic E-state index is 0.957. The van der Waals surface area contributed by atoms with Crippen LogP contribution >= 0.6 is 0 Å². The van der Waals surface area contributed by atoms with E-state index < -0.39 is 0 Å². The molecule has 14 heavy (non-hydrogen) atoms. The summed E-state index contributed by atoms with van der Waals surface area (Å²) in [5.41, 5.74) is 3.72. The van der Waals surface area contributed by atoms with Gasteiger partial charge in [0.05, 0.1) is 11.8 Å². The van der Waals surface area contributed by atoms with Gasteiger partial charge in [0.1, 0.15) is 6.54 Å². The molecule has 2 aromatic rings. The van der Waals surface area contributed by atoms with E-state index >= 15 is 0 Å². The van der Waals surface area contributed by atoms with Crippen molar-refractivity contribution in [2.75, 3.05) is 0 Å². The van der Waals surface area contributed by atoms with Crippen molar-refractivity contribution in [3.8, 4) is 11.4 Å². The largest absolute Gasteiger partial charge is 0.331 e. The predicted octanol–water partition coefficient (Wildman–Crippen LogP) is 1.71. The number of fused-ring (bicyclic) bond motifs is 3. The first-order valence-electron chi connectivity index (χ1n) is 4.80. The number of nitrogens with zero attached hydrogens (tertiary/aromatic N) is 2. The Bertz CT molecular complexity index is 503. The quantitative estimate of drug-likeness (QED) is 0.485. The molecule has 0 aliphatic carbocycles. The molecule has 2 heterocycles. The van der Waals surface area contributed by atoms with Crippen LogP contribution in [0.2, 0.25) is 0 Å². The van der Waals surface area contributed by atoms with Crippen molar-refractivity contribution in [2.24, 2.45) is 0 Å². The number of benzene rings is 1. The van der Waals surface area contributed by atoms with Gasteiger partial charge >= 0.3 is 5.82 Å². The monoisotopic (exact) mass is 183 g/mol. The van der Waals surface area contributed by atoms with Crippen molar-refractivity contribution in [1.82, 2.24) is 4.98 Å². The summed E-state index contributed by atoms with van der Waals surface area (Å²) in [6.07, 6.45) is 2.11. The first kappa shape index (κ1) is 7.68. The van der Waals surface area contributed by atoms with Gasteiger partial charge in [-0.05, 0) is 11.1 Å². The van der Waals surface area contributed by atoms with Gasteiger partial charge in [0, 0.05) is 18.6 Å². The molecule has 0 radical (unpaired) electrons. The summed E-state index contributed by atoms with van der Waals surface area (Å²) < 4.78 is 2.19. The maximum Gasteiger partial charge on any atom is 0.331 e. The minimum absolute atomic E-state index is 0.957. The Morgan fingerprint density at radius 1 is 1.21 bits per heavy atom. The van der Waals surface area contributed by atoms with E-state index in [0.29, 0.717) is 0 Å². The molecule has 2 heteroatoms. The van der Waals surface area contributed by atoms with E-state index in [9.17, 15) is 0 Å². The number of aryl methyl sites for hydroxylation is 1. The third-order valence-corrected chi connectivity index (χ3v) is 2.65. The number of aromatic nitrogens is 2. The van der Waals surface area contributed by atoms with Crippen molar-refractivity contribution in [3.05, 3.63) is 47.8 Å². The zero-order chi connectivity index (χ0) is 9.54. The molecule has 0 atom stereocenters. The lowest BCUT2D eigenvalue weighted by molar-refractivity contribution is -0.674. The van der Waals surface area contributed by atoms with E-state index in [1.807, 2.05) is 6.92 Å². The third-order valence-electron chi connectivity index (χ3n) is 2.65. The van der Waals surface area contributed by atoms with Crippen molar-refractivity contribution in [3.63, 3.8) is 0 Å². The maximum absolute atomic E-state index is 4.56. The summed E-state index contributed by atoms with van der Waals surface area (Å²) in [6.45, 7) is 2.99. The van der Waals surface area contributed by atoms with Gasteiger partial charge in [0.25, 0.3) is 0 Å². The average molecular weight is 183 g/mol. The number of rotatable bonds is 0. The second-order valence-corrected chi connectivity index (χ2v) is 3.68. The fraction of sp³-hybridized carbons (Fsp3) is 0.167. The molecule has 0 saturated heterocycles. The highest BCUT2D eigenvalue weighted by Gasteiger charge is 2.25. The lowest BCUT2D eigenvalue weighted by atomic mass is 10.1. The van der Waals surface area contributed by atoms with Crippen molar-refractivity contribution in [2.45, 2.75) is 13.5 Å². The molecule has 0 spiro atoms. The Balaban J connectivity index is 2.30. The molecule has 68 valence electrons. The first-order chi connectivity index (χ1) is 6.84. The second-order valence-electron chi connectivity index (χ2n) is 3.68. The van der Waals surface area contributed by atoms with Crippen LogP contribution in [0.25, 0.3) is 11.4 Å². The highest BCUT2D eigenvalue weighted by molar-refractivity contribution is 5.59. The summed E-state index contributed by atoms with van der Waals surface area (Å²) in [5.74, 6) is 1.10. The summed E-state index contributed by atoms with van der Waals surface area (Å²) >= 11 is 0. The maximum atomic E-state index is 4.56. The van der Waals surface area contributed by atoms with E-state index in [1.54, 1.807) is 0 Å². The molecule has 0 bridgehead atoms. The molecular weight excluding hydrogens is 172 g/mol. The molecule has 1 aromatic heterocycles. The van der Waals surface area contributed by atoms with Crippen LogP contribution in [0.15, 0.2) is 36.5 Å². The summed E-state index contributed by atoms with van der Waals surface area (Å²) in [6, 6.07) is 10.5. The fourth-order valence-electron chi connectivity index (χ4n) is 1.94. The van der Waals surface area contributed by atoms with Crippen molar-refractivity contribution >= 4 is 0 Å². The van der Waals surface area contributed by atoms with E-state index in [4.69, 9.17) is 0 Å². The Morgan fingerprint density at radius 3 is 3.00 bits per heavy atom. The molecular formula is C12H11N2+. The molecule has 3 rings (SSSR count). The lowest BCUT2D eigenvalue weighted by Crippen LogP contribution is -2.32. The van der Waals surface area contributed by atoms with Crippen LogP contribution in [-0.4, -0.2) is 4.98 Å². The van der Waals surface area contributed by atoms with Crippen LogP contribution in [-0.2, 0) is 6.54 Å². The van der Waals surface area contributed by atoms with Gasteiger partial charge in [-0.15, -0.1) is 0 Å². The van der Waals surface area contributed by atoms with E-state index in [1.165, 1.54) is 11.1 Å². The van der Waals surface area contributed by atoms with Gasteiger partial charge in [0.2, 0.25) is 0 Å². The number of hydrogen-bond donors (Lipinski definition) is 0. The Morgan fingerprint density at radius 2 is 2.07 bits per heavy atom. The molecule has 1 aliphatic heterocycles. The highest BCUT2D eigenvalue weighted by Crippen LogP contribution is 2.23. The molecule has 0 fully saturated rings. The normalized spacial score (nSPS) is 12.4. The summed E-state index contributed by atoms with van der Waals surface area (Å²) in [5, 5.41) is 0. The van der Waals surface area contributed by atoms with Crippen LogP contribution in [0.4, 0.5) is 0 Å². The van der Waals surface area contributed by atoms with E-state index in [-0.39, 0.29) is 0 Å². The van der Waals surface area contributed by atoms with Gasteiger partial charge in [-0.25, -0.2) is 4.57 Å². The van der Waals surface area contributed by atoms with Gasteiger partial charge in [-0.2, -0.15) is 0 Å². The zero-order valence-electron chi connectivity index (χ0n) is 8.07. The van der Waals surface area contributed by atoms with Crippen LogP contribution in [0.5, 0.6) is 0 Å².